The number of fused-ring (bicyclic) bond motifs is 1. The van der Waals surface area contributed by atoms with Gasteiger partial charge in [-0.1, -0.05) is 24.3 Å². The molecule has 0 aliphatic carbocycles. The van der Waals surface area contributed by atoms with E-state index in [1.807, 2.05) is 35.0 Å². The number of nitrogens with one attached hydrogen (secondary N) is 2. The van der Waals surface area contributed by atoms with Gasteiger partial charge in [0.2, 0.25) is 11.8 Å². The van der Waals surface area contributed by atoms with Gasteiger partial charge in [0, 0.05) is 67.0 Å². The Hall–Kier alpha value is -3.42. The monoisotopic (exact) mass is 563 g/mol. The number of sulfonamides is 1. The van der Waals surface area contributed by atoms with E-state index in [1.54, 1.807) is 18.2 Å². The first-order valence-corrected chi connectivity index (χ1v) is 14.0. The van der Waals surface area contributed by atoms with Gasteiger partial charge in [-0.05, 0) is 42.2 Å². The third kappa shape index (κ3) is 5.25. The van der Waals surface area contributed by atoms with Crippen LogP contribution in [0.3, 0.4) is 0 Å². The summed E-state index contributed by atoms with van der Waals surface area (Å²) in [5.74, 6) is -0.662. The van der Waals surface area contributed by atoms with Crippen molar-refractivity contribution >= 4 is 32.7 Å². The highest BCUT2D eigenvalue weighted by Gasteiger charge is 2.50. The first kappa shape index (κ1) is 27.2. The molecule has 208 valence electrons. The van der Waals surface area contributed by atoms with Crippen molar-refractivity contribution in [2.45, 2.75) is 30.9 Å². The van der Waals surface area contributed by atoms with Crippen LogP contribution < -0.4 is 16.4 Å². The van der Waals surface area contributed by atoms with E-state index in [9.17, 15) is 31.2 Å². The number of carbonyl (C=O) groups is 2. The van der Waals surface area contributed by atoms with E-state index in [2.05, 4.69) is 10.6 Å². The smallest absolute Gasteiger partial charge is 0.366 e. The summed E-state index contributed by atoms with van der Waals surface area (Å²) in [7, 11) is -5.39. The lowest BCUT2D eigenvalue weighted by atomic mass is 10.0. The minimum Gasteiger partial charge on any atom is -0.366 e. The first-order valence-electron chi connectivity index (χ1n) is 12.5. The number of nitrogens with zero attached hydrogens (tertiary/aromatic N) is 2. The largest absolute Gasteiger partial charge is 0.511 e. The fourth-order valence-electron chi connectivity index (χ4n) is 5.09. The molecule has 5 rings (SSSR count). The lowest BCUT2D eigenvalue weighted by Crippen LogP contribution is -2.50. The van der Waals surface area contributed by atoms with E-state index < -0.39 is 21.4 Å². The van der Waals surface area contributed by atoms with Gasteiger partial charge in [-0.25, -0.2) is 8.42 Å². The summed E-state index contributed by atoms with van der Waals surface area (Å²) in [6, 6.07) is 12.3. The Morgan fingerprint density at radius 2 is 1.79 bits per heavy atom. The molecule has 0 saturated carbocycles. The van der Waals surface area contributed by atoms with Crippen molar-refractivity contribution in [2.75, 3.05) is 26.2 Å². The van der Waals surface area contributed by atoms with Crippen LogP contribution in [0.4, 0.5) is 13.2 Å². The topological polar surface area (TPSA) is 127 Å². The van der Waals surface area contributed by atoms with Crippen LogP contribution in [0.2, 0.25) is 0 Å². The van der Waals surface area contributed by atoms with Crippen LogP contribution in [-0.4, -0.2) is 60.8 Å². The van der Waals surface area contributed by atoms with Crippen molar-refractivity contribution in [3.63, 3.8) is 0 Å². The summed E-state index contributed by atoms with van der Waals surface area (Å²) in [6.07, 6.45) is 2.26. The van der Waals surface area contributed by atoms with Gasteiger partial charge in [-0.3, -0.25) is 9.59 Å². The molecule has 2 amide bonds. The Labute approximate surface area is 223 Å². The second kappa shape index (κ2) is 10.3. The van der Waals surface area contributed by atoms with Crippen LogP contribution in [0, 0.1) is 5.92 Å². The third-order valence-electron chi connectivity index (χ3n) is 7.43. The van der Waals surface area contributed by atoms with Crippen molar-refractivity contribution in [2.24, 2.45) is 11.7 Å². The quantitative estimate of drug-likeness (QED) is 0.408. The van der Waals surface area contributed by atoms with Crippen molar-refractivity contribution in [3.8, 4) is 11.1 Å². The molecule has 2 saturated heterocycles. The highest BCUT2D eigenvalue weighted by Crippen LogP contribution is 2.38. The third-order valence-corrected chi connectivity index (χ3v) is 9.05. The summed E-state index contributed by atoms with van der Waals surface area (Å²) in [5.41, 5.74) is 3.65. The van der Waals surface area contributed by atoms with Crippen LogP contribution in [0.15, 0.2) is 48.7 Å². The van der Waals surface area contributed by atoms with Gasteiger partial charge < -0.3 is 20.9 Å². The number of nitrogens with two attached hydrogens (primary N) is 1. The maximum Gasteiger partial charge on any atom is 0.511 e. The summed E-state index contributed by atoms with van der Waals surface area (Å²) in [4.78, 5) is 24.1. The van der Waals surface area contributed by atoms with E-state index in [-0.39, 0.29) is 43.8 Å². The zero-order valence-corrected chi connectivity index (χ0v) is 21.7. The Morgan fingerprint density at radius 3 is 2.41 bits per heavy atom. The zero-order chi connectivity index (χ0) is 27.9. The highest BCUT2D eigenvalue weighted by molar-refractivity contribution is 7.90. The average Bonchev–Trinajstić information content (AvgIpc) is 3.25. The van der Waals surface area contributed by atoms with Gasteiger partial charge >= 0.3 is 15.5 Å². The van der Waals surface area contributed by atoms with E-state index in [4.69, 9.17) is 5.73 Å². The molecule has 0 radical (unpaired) electrons. The molecule has 4 N–H and O–H groups in total. The van der Waals surface area contributed by atoms with Crippen molar-refractivity contribution in [1.29, 1.82) is 0 Å². The molecule has 39 heavy (non-hydrogen) atoms. The van der Waals surface area contributed by atoms with Gasteiger partial charge in [0.05, 0.1) is 5.92 Å². The Kier molecular flexibility index (Phi) is 7.16. The molecule has 2 aromatic carbocycles. The number of piperidine rings is 1. The predicted molar refractivity (Wildman–Crippen MR) is 139 cm³/mol. The SMILES string of the molecule is NC(=O)c1cccc(-c2cn(C3CCN(S(=O)(=O)C(F)(F)F)CC3)c3cc(CNC(=O)C4CNC4)ccc23)c1. The molecule has 13 heteroatoms. The lowest BCUT2D eigenvalue weighted by Gasteiger charge is -2.32. The second-order valence-corrected chi connectivity index (χ2v) is 11.8. The summed E-state index contributed by atoms with van der Waals surface area (Å²) < 4.78 is 65.5. The summed E-state index contributed by atoms with van der Waals surface area (Å²) in [5, 5.41) is 6.85. The van der Waals surface area contributed by atoms with E-state index in [0.717, 1.165) is 27.6 Å². The minimum atomic E-state index is -5.39. The van der Waals surface area contributed by atoms with Crippen molar-refractivity contribution in [1.82, 2.24) is 19.5 Å². The fourth-order valence-corrected chi connectivity index (χ4v) is 6.08. The van der Waals surface area contributed by atoms with Gasteiger partial charge in [-0.15, -0.1) is 0 Å². The molecule has 2 aliphatic heterocycles. The van der Waals surface area contributed by atoms with E-state index >= 15 is 0 Å². The number of carbonyl (C=O) groups excluding carboxylic acids is 2. The normalized spacial score (nSPS) is 17.7. The van der Waals surface area contributed by atoms with Crippen LogP contribution >= 0.6 is 0 Å². The number of primary amides is 1. The summed E-state index contributed by atoms with van der Waals surface area (Å²) >= 11 is 0. The van der Waals surface area contributed by atoms with Gasteiger partial charge in [0.15, 0.2) is 0 Å². The Balaban J connectivity index is 1.48. The number of rotatable bonds is 7. The molecular weight excluding hydrogens is 535 g/mol. The van der Waals surface area contributed by atoms with Crippen LogP contribution in [0.1, 0.15) is 34.8 Å². The minimum absolute atomic E-state index is 0.0357. The number of hydrogen-bond donors (Lipinski definition) is 3. The number of benzene rings is 2. The molecule has 0 unspecified atom stereocenters. The molecule has 3 aromatic rings. The van der Waals surface area contributed by atoms with Gasteiger partial charge in [0.25, 0.3) is 0 Å². The molecule has 2 aliphatic rings. The van der Waals surface area contributed by atoms with Crippen LogP contribution in [-0.2, 0) is 21.4 Å². The molecule has 0 bridgehead atoms. The highest BCUT2D eigenvalue weighted by atomic mass is 32.2. The number of halogens is 3. The van der Waals surface area contributed by atoms with Gasteiger partial charge in [0.1, 0.15) is 0 Å². The predicted octanol–water partition coefficient (Wildman–Crippen LogP) is 2.73. The van der Waals surface area contributed by atoms with Crippen molar-refractivity contribution in [3.05, 3.63) is 59.8 Å². The zero-order valence-electron chi connectivity index (χ0n) is 20.9. The van der Waals surface area contributed by atoms with Gasteiger partial charge in [-0.2, -0.15) is 17.5 Å². The number of aromatic nitrogens is 1. The van der Waals surface area contributed by atoms with E-state index in [1.165, 1.54) is 0 Å². The first-order chi connectivity index (χ1) is 18.5. The molecule has 0 spiro atoms. The van der Waals surface area contributed by atoms with Crippen LogP contribution in [0.5, 0.6) is 0 Å². The summed E-state index contributed by atoms with van der Waals surface area (Å²) in [6.45, 7) is 1.08. The molecule has 3 heterocycles. The maximum absolute atomic E-state index is 13.1. The second-order valence-electron chi connectivity index (χ2n) is 9.90. The standard InChI is InChI=1S/C26H28F3N5O4S/c27-26(28,29)39(37,38)33-8-6-20(7-9-33)34-15-22(17-2-1-3-18(11-17)24(30)35)21-5-4-16(10-23(21)34)12-32-25(36)19-13-31-14-19/h1-5,10-11,15,19-20,31H,6-9,12-14H2,(H2,30,35)(H,32,36). The maximum atomic E-state index is 13.1. The average molecular weight is 564 g/mol. The fraction of sp³-hybridized carbons (Fsp3) is 0.385. The Bertz CT molecular complexity index is 1520. The number of alkyl halides is 3. The lowest BCUT2D eigenvalue weighted by molar-refractivity contribution is -0.126. The molecule has 2 fully saturated rings. The van der Waals surface area contributed by atoms with Crippen LogP contribution in [0.25, 0.3) is 22.0 Å². The number of amides is 2. The molecule has 0 atom stereocenters. The van der Waals surface area contributed by atoms with E-state index in [0.29, 0.717) is 29.5 Å². The Morgan fingerprint density at radius 1 is 1.08 bits per heavy atom. The molecule has 1 aromatic heterocycles. The molecule has 9 nitrogen and oxygen atoms in total. The molecular formula is C26H28F3N5O4S. The van der Waals surface area contributed by atoms with Crippen molar-refractivity contribution < 1.29 is 31.2 Å². The number of hydrogen-bond acceptors (Lipinski definition) is 5.